The van der Waals surface area contributed by atoms with Gasteiger partial charge in [-0.05, 0) is 59.4 Å². The lowest BCUT2D eigenvalue weighted by Crippen LogP contribution is -2.46. The number of hydrogen-bond acceptors (Lipinski definition) is 4. The highest BCUT2D eigenvalue weighted by atomic mass is 16.5. The highest BCUT2D eigenvalue weighted by Crippen LogP contribution is 2.21. The normalized spacial score (nSPS) is 20.1. The molecule has 1 unspecified atom stereocenters. The van der Waals surface area contributed by atoms with Crippen molar-refractivity contribution >= 4 is 0 Å². The second kappa shape index (κ2) is 8.03. The highest BCUT2D eigenvalue weighted by molar-refractivity contribution is 4.80. The van der Waals surface area contributed by atoms with Crippen LogP contribution in [0.3, 0.4) is 0 Å². The molecule has 0 saturated carbocycles. The number of hydrogen-bond donors (Lipinski definition) is 1. The molecule has 0 spiro atoms. The fourth-order valence-corrected chi connectivity index (χ4v) is 2.64. The van der Waals surface area contributed by atoms with Gasteiger partial charge in [-0.3, -0.25) is 0 Å². The minimum absolute atomic E-state index is 0.529. The third-order valence-electron chi connectivity index (χ3n) is 3.73. The molecular formula is C13H29N3O. The molecule has 1 aliphatic rings. The molecule has 4 nitrogen and oxygen atoms in total. The van der Waals surface area contributed by atoms with Crippen molar-refractivity contribution in [3.8, 4) is 0 Å². The Morgan fingerprint density at radius 1 is 1.18 bits per heavy atom. The Labute approximate surface area is 106 Å². The number of nitrogens with two attached hydrogens (primary N) is 1. The van der Waals surface area contributed by atoms with Gasteiger partial charge in [0.25, 0.3) is 0 Å². The van der Waals surface area contributed by atoms with Crippen LogP contribution < -0.4 is 5.73 Å². The van der Waals surface area contributed by atoms with Crippen molar-refractivity contribution in [2.45, 2.75) is 25.3 Å². The molecule has 0 bridgehead atoms. The molecular weight excluding hydrogens is 214 g/mol. The Kier molecular flexibility index (Phi) is 7.04. The largest absolute Gasteiger partial charge is 0.381 e. The third-order valence-corrected chi connectivity index (χ3v) is 3.73. The van der Waals surface area contributed by atoms with E-state index in [1.165, 1.54) is 19.3 Å². The van der Waals surface area contributed by atoms with Crippen LogP contribution in [0.5, 0.6) is 0 Å². The molecule has 1 fully saturated rings. The van der Waals surface area contributed by atoms with Crippen molar-refractivity contribution in [1.82, 2.24) is 9.80 Å². The van der Waals surface area contributed by atoms with Crippen LogP contribution in [0.1, 0.15) is 19.3 Å². The summed E-state index contributed by atoms with van der Waals surface area (Å²) in [6.07, 6.45) is 3.54. The molecule has 0 aromatic heterocycles. The van der Waals surface area contributed by atoms with Gasteiger partial charge in [0.1, 0.15) is 0 Å². The van der Waals surface area contributed by atoms with E-state index >= 15 is 0 Å². The molecule has 1 rings (SSSR count). The van der Waals surface area contributed by atoms with Gasteiger partial charge in [-0.15, -0.1) is 0 Å². The van der Waals surface area contributed by atoms with Crippen molar-refractivity contribution < 1.29 is 4.74 Å². The first-order valence-corrected chi connectivity index (χ1v) is 6.78. The van der Waals surface area contributed by atoms with E-state index in [1.807, 2.05) is 0 Å². The summed E-state index contributed by atoms with van der Waals surface area (Å²) < 4.78 is 5.42. The molecule has 17 heavy (non-hydrogen) atoms. The molecule has 0 aliphatic carbocycles. The predicted octanol–water partition coefficient (Wildman–Crippen LogP) is 0.624. The van der Waals surface area contributed by atoms with Gasteiger partial charge in [-0.25, -0.2) is 0 Å². The molecule has 0 aromatic carbocycles. The van der Waals surface area contributed by atoms with Crippen LogP contribution in [0.25, 0.3) is 0 Å². The zero-order valence-electron chi connectivity index (χ0n) is 11.7. The number of likely N-dealkylation sites (N-methyl/N-ethyl adjacent to an activating group) is 1. The first kappa shape index (κ1) is 14.9. The summed E-state index contributed by atoms with van der Waals surface area (Å²) in [6.45, 7) is 4.87. The average molecular weight is 243 g/mol. The molecule has 1 atom stereocenters. The molecule has 2 N–H and O–H groups in total. The second-order valence-corrected chi connectivity index (χ2v) is 5.39. The molecule has 1 aliphatic heterocycles. The topological polar surface area (TPSA) is 41.7 Å². The van der Waals surface area contributed by atoms with E-state index in [1.54, 1.807) is 0 Å². The highest BCUT2D eigenvalue weighted by Gasteiger charge is 2.25. The van der Waals surface area contributed by atoms with Crippen LogP contribution in [0.15, 0.2) is 0 Å². The van der Waals surface area contributed by atoms with Crippen LogP contribution in [-0.4, -0.2) is 69.8 Å². The number of ether oxygens (including phenoxy) is 1. The Morgan fingerprint density at radius 3 is 2.35 bits per heavy atom. The zero-order valence-corrected chi connectivity index (χ0v) is 11.7. The van der Waals surface area contributed by atoms with Gasteiger partial charge in [-0.2, -0.15) is 0 Å². The minimum atomic E-state index is 0.529. The van der Waals surface area contributed by atoms with Gasteiger partial charge in [0.15, 0.2) is 0 Å². The zero-order chi connectivity index (χ0) is 12.7. The van der Waals surface area contributed by atoms with Crippen molar-refractivity contribution in [2.75, 3.05) is 54.0 Å². The van der Waals surface area contributed by atoms with E-state index in [2.05, 4.69) is 30.9 Å². The molecule has 0 amide bonds. The molecule has 102 valence electrons. The molecule has 4 heteroatoms. The Hall–Kier alpha value is -0.160. The average Bonchev–Trinajstić information content (AvgIpc) is 2.31. The lowest BCUT2D eigenvalue weighted by Gasteiger charge is -2.36. The van der Waals surface area contributed by atoms with E-state index < -0.39 is 0 Å². The molecule has 0 aromatic rings. The lowest BCUT2D eigenvalue weighted by molar-refractivity contribution is 0.0332. The standard InChI is InChI=1S/C13H29N3O/c1-15(2)7-4-8-16(3)13(11-14)12-5-9-17-10-6-12/h12-13H,4-11,14H2,1-3H3. The molecule has 0 radical (unpaired) electrons. The summed E-state index contributed by atoms with van der Waals surface area (Å²) in [5, 5.41) is 0. The van der Waals surface area contributed by atoms with Gasteiger partial charge < -0.3 is 20.3 Å². The predicted molar refractivity (Wildman–Crippen MR) is 72.2 cm³/mol. The Morgan fingerprint density at radius 2 is 1.82 bits per heavy atom. The molecule has 1 saturated heterocycles. The smallest absolute Gasteiger partial charge is 0.0469 e. The van der Waals surface area contributed by atoms with Crippen LogP contribution in [0, 0.1) is 5.92 Å². The maximum Gasteiger partial charge on any atom is 0.0469 e. The van der Waals surface area contributed by atoms with E-state index in [0.29, 0.717) is 6.04 Å². The Bertz CT molecular complexity index is 193. The van der Waals surface area contributed by atoms with Crippen molar-refractivity contribution in [3.05, 3.63) is 0 Å². The van der Waals surface area contributed by atoms with E-state index in [4.69, 9.17) is 10.5 Å². The van der Waals surface area contributed by atoms with Crippen LogP contribution in [0.2, 0.25) is 0 Å². The van der Waals surface area contributed by atoms with E-state index in [-0.39, 0.29) is 0 Å². The summed E-state index contributed by atoms with van der Waals surface area (Å²) in [6, 6.07) is 0.529. The van der Waals surface area contributed by atoms with Crippen LogP contribution >= 0.6 is 0 Å². The minimum Gasteiger partial charge on any atom is -0.381 e. The van der Waals surface area contributed by atoms with Gasteiger partial charge in [0.2, 0.25) is 0 Å². The SMILES string of the molecule is CN(C)CCCN(C)C(CN)C1CCOCC1. The lowest BCUT2D eigenvalue weighted by atomic mass is 9.91. The third kappa shape index (κ3) is 5.34. The number of nitrogens with zero attached hydrogens (tertiary/aromatic N) is 2. The van der Waals surface area contributed by atoms with Crippen molar-refractivity contribution in [2.24, 2.45) is 11.7 Å². The van der Waals surface area contributed by atoms with Gasteiger partial charge in [0.05, 0.1) is 0 Å². The quantitative estimate of drug-likeness (QED) is 0.712. The summed E-state index contributed by atoms with van der Waals surface area (Å²) in [7, 11) is 6.46. The summed E-state index contributed by atoms with van der Waals surface area (Å²) in [5.74, 6) is 0.720. The van der Waals surface area contributed by atoms with Crippen LogP contribution in [0.4, 0.5) is 0 Å². The van der Waals surface area contributed by atoms with Gasteiger partial charge in [-0.1, -0.05) is 0 Å². The van der Waals surface area contributed by atoms with Crippen molar-refractivity contribution in [3.63, 3.8) is 0 Å². The monoisotopic (exact) mass is 243 g/mol. The second-order valence-electron chi connectivity index (χ2n) is 5.39. The summed E-state index contributed by atoms with van der Waals surface area (Å²) in [4.78, 5) is 4.68. The first-order chi connectivity index (χ1) is 8.15. The number of rotatable bonds is 7. The van der Waals surface area contributed by atoms with Gasteiger partial charge in [0, 0.05) is 25.8 Å². The Balaban J connectivity index is 2.31. The first-order valence-electron chi connectivity index (χ1n) is 6.78. The van der Waals surface area contributed by atoms with E-state index in [9.17, 15) is 0 Å². The van der Waals surface area contributed by atoms with Gasteiger partial charge >= 0.3 is 0 Å². The summed E-state index contributed by atoms with van der Waals surface area (Å²) in [5.41, 5.74) is 5.94. The maximum absolute atomic E-state index is 5.94. The van der Waals surface area contributed by atoms with Crippen LogP contribution in [-0.2, 0) is 4.74 Å². The molecule has 1 heterocycles. The van der Waals surface area contributed by atoms with E-state index in [0.717, 1.165) is 38.8 Å². The fourth-order valence-electron chi connectivity index (χ4n) is 2.64. The van der Waals surface area contributed by atoms with Crippen molar-refractivity contribution in [1.29, 1.82) is 0 Å². The summed E-state index contributed by atoms with van der Waals surface area (Å²) >= 11 is 0. The fraction of sp³-hybridized carbons (Fsp3) is 1.00. The maximum atomic E-state index is 5.94.